The second kappa shape index (κ2) is 8.83. The molecule has 0 fully saturated rings. The van der Waals surface area contributed by atoms with Crippen molar-refractivity contribution >= 4 is 11.7 Å². The van der Waals surface area contributed by atoms with E-state index in [0.29, 0.717) is 13.1 Å². The van der Waals surface area contributed by atoms with Gasteiger partial charge in [-0.1, -0.05) is 43.3 Å². The van der Waals surface area contributed by atoms with Crippen LogP contribution in [-0.2, 0) is 22.7 Å². The number of amides is 1. The molecule has 3 aromatic rings. The molecule has 2 aromatic carbocycles. The summed E-state index contributed by atoms with van der Waals surface area (Å²) in [6.07, 6.45) is 1.76. The number of ketones is 1. The molecule has 1 aliphatic heterocycles. The summed E-state index contributed by atoms with van der Waals surface area (Å²) >= 11 is 0. The van der Waals surface area contributed by atoms with Crippen molar-refractivity contribution in [1.29, 1.82) is 0 Å². The summed E-state index contributed by atoms with van der Waals surface area (Å²) in [5.41, 5.74) is 3.90. The second-order valence-electron chi connectivity index (χ2n) is 7.99. The van der Waals surface area contributed by atoms with E-state index < -0.39 is 23.9 Å². The number of benzene rings is 2. The normalized spacial score (nSPS) is 15.9. The van der Waals surface area contributed by atoms with E-state index in [1.54, 1.807) is 12.5 Å². The van der Waals surface area contributed by atoms with Crippen LogP contribution in [-0.4, -0.2) is 48.6 Å². The largest absolute Gasteiger partial charge is 0.382 e. The van der Waals surface area contributed by atoms with Crippen LogP contribution in [0.1, 0.15) is 36.0 Å². The molecule has 0 aliphatic carbocycles. The van der Waals surface area contributed by atoms with Gasteiger partial charge in [-0.3, -0.25) is 9.59 Å². The molecule has 0 spiro atoms. The first-order chi connectivity index (χ1) is 14.9. The van der Waals surface area contributed by atoms with Crippen molar-refractivity contribution in [2.45, 2.75) is 44.6 Å². The van der Waals surface area contributed by atoms with Crippen LogP contribution in [0.2, 0.25) is 0 Å². The lowest BCUT2D eigenvalue weighted by Crippen LogP contribution is -2.46. The van der Waals surface area contributed by atoms with Gasteiger partial charge in [0.2, 0.25) is 0 Å². The lowest BCUT2D eigenvalue weighted by Gasteiger charge is -2.23. The van der Waals surface area contributed by atoms with E-state index in [-0.39, 0.29) is 12.3 Å². The average Bonchev–Trinajstić information content (AvgIpc) is 3.47. The van der Waals surface area contributed by atoms with Crippen molar-refractivity contribution in [1.82, 2.24) is 14.5 Å². The van der Waals surface area contributed by atoms with Crippen LogP contribution in [0.3, 0.4) is 0 Å². The molecule has 7 heteroatoms. The van der Waals surface area contributed by atoms with Crippen molar-refractivity contribution in [3.05, 3.63) is 83.9 Å². The van der Waals surface area contributed by atoms with Crippen LogP contribution in [0.4, 0.5) is 0 Å². The Bertz CT molecular complexity index is 1040. The van der Waals surface area contributed by atoms with Gasteiger partial charge in [-0.25, -0.2) is 4.98 Å². The van der Waals surface area contributed by atoms with Crippen molar-refractivity contribution < 1.29 is 19.8 Å². The summed E-state index contributed by atoms with van der Waals surface area (Å²) in [6, 6.07) is 15.3. The van der Waals surface area contributed by atoms with Gasteiger partial charge in [-0.05, 0) is 34.7 Å². The Morgan fingerprint density at radius 1 is 1.00 bits per heavy atom. The van der Waals surface area contributed by atoms with Gasteiger partial charge in [-0.2, -0.15) is 0 Å². The zero-order chi connectivity index (χ0) is 22.0. The maximum Gasteiger partial charge on any atom is 0.255 e. The summed E-state index contributed by atoms with van der Waals surface area (Å²) < 4.78 is 1.88. The minimum Gasteiger partial charge on any atom is -0.382 e. The molecule has 2 N–H and O–H groups in total. The van der Waals surface area contributed by atoms with Gasteiger partial charge in [-0.15, -0.1) is 0 Å². The number of aliphatic hydroxyl groups excluding tert-OH is 2. The minimum absolute atomic E-state index is 0.0240. The second-order valence-corrected chi connectivity index (χ2v) is 7.99. The van der Waals surface area contributed by atoms with Gasteiger partial charge in [0.1, 0.15) is 6.10 Å². The van der Waals surface area contributed by atoms with Crippen molar-refractivity contribution in [2.24, 2.45) is 0 Å². The number of imidazole rings is 1. The molecule has 0 radical (unpaired) electrons. The predicted octanol–water partition coefficient (Wildman–Crippen LogP) is 2.20. The monoisotopic (exact) mass is 419 g/mol. The van der Waals surface area contributed by atoms with Gasteiger partial charge in [0.15, 0.2) is 11.9 Å². The van der Waals surface area contributed by atoms with E-state index in [9.17, 15) is 19.8 Å². The Kier molecular flexibility index (Phi) is 5.97. The number of hydrogen-bond donors (Lipinski definition) is 2. The number of fused-ring (bicyclic) bond motifs is 1. The quantitative estimate of drug-likeness (QED) is 0.612. The third-order valence-corrected chi connectivity index (χ3v) is 5.81. The lowest BCUT2D eigenvalue weighted by molar-refractivity contribution is -0.152. The van der Waals surface area contributed by atoms with Crippen LogP contribution in [0.25, 0.3) is 5.69 Å². The van der Waals surface area contributed by atoms with Crippen LogP contribution < -0.4 is 0 Å². The van der Waals surface area contributed by atoms with Crippen LogP contribution in [0.15, 0.2) is 67.3 Å². The molecule has 160 valence electrons. The van der Waals surface area contributed by atoms with Gasteiger partial charge in [0.25, 0.3) is 5.91 Å². The molecular weight excluding hydrogens is 394 g/mol. The molecule has 4 rings (SSSR count). The number of hydrogen-bond acceptors (Lipinski definition) is 5. The standard InChI is InChI=1S/C24H25N3O4/c1-16(17-6-8-20(9-7-17)26-11-10-25-15-26)12-21(28)22(29)23(30)24(31)27-13-18-4-2-3-5-19(18)14-27/h2-11,15-16,22-23,29-30H,12-14H2,1H3/t16-,22+,23-/m1/s1. The molecule has 1 amide bonds. The number of rotatable bonds is 7. The van der Waals surface area contributed by atoms with Crippen molar-refractivity contribution in [3.63, 3.8) is 0 Å². The predicted molar refractivity (Wildman–Crippen MR) is 114 cm³/mol. The van der Waals surface area contributed by atoms with Gasteiger partial charge in [0, 0.05) is 37.6 Å². The summed E-state index contributed by atoms with van der Waals surface area (Å²) in [5, 5.41) is 20.7. The zero-order valence-electron chi connectivity index (χ0n) is 17.3. The van der Waals surface area contributed by atoms with Crippen molar-refractivity contribution in [2.75, 3.05) is 0 Å². The molecule has 3 atom stereocenters. The Morgan fingerprint density at radius 2 is 1.65 bits per heavy atom. The Hall–Kier alpha value is -3.29. The molecule has 0 saturated heterocycles. The first-order valence-corrected chi connectivity index (χ1v) is 10.3. The molecule has 1 aliphatic rings. The SMILES string of the molecule is C[C@H](CC(=O)[C@H](O)[C@@H](O)C(=O)N1Cc2ccccc2C1)c1ccc(-n2ccnc2)cc1. The smallest absolute Gasteiger partial charge is 0.255 e. The summed E-state index contributed by atoms with van der Waals surface area (Å²) in [6.45, 7) is 2.61. The summed E-state index contributed by atoms with van der Waals surface area (Å²) in [5.74, 6) is -1.35. The maximum atomic E-state index is 12.6. The highest BCUT2D eigenvalue weighted by molar-refractivity contribution is 5.92. The summed E-state index contributed by atoms with van der Waals surface area (Å²) in [4.78, 5) is 30.7. The zero-order valence-corrected chi connectivity index (χ0v) is 17.3. The average molecular weight is 419 g/mol. The molecular formula is C24H25N3O4. The topological polar surface area (TPSA) is 95.7 Å². The maximum absolute atomic E-state index is 12.6. The third-order valence-electron chi connectivity index (χ3n) is 5.81. The molecule has 1 aromatic heterocycles. The molecule has 0 saturated carbocycles. The van der Waals surface area contributed by atoms with E-state index in [4.69, 9.17) is 0 Å². The highest BCUT2D eigenvalue weighted by Gasteiger charge is 2.35. The van der Waals surface area contributed by atoms with E-state index in [2.05, 4.69) is 4.98 Å². The van der Waals surface area contributed by atoms with E-state index in [1.807, 2.05) is 66.2 Å². The van der Waals surface area contributed by atoms with Gasteiger partial charge >= 0.3 is 0 Å². The summed E-state index contributed by atoms with van der Waals surface area (Å²) in [7, 11) is 0. The highest BCUT2D eigenvalue weighted by atomic mass is 16.3. The number of carbonyl (C=O) groups excluding carboxylic acids is 2. The number of Topliss-reactive ketones (excluding diaryl/α,β-unsaturated/α-hetero) is 1. The van der Waals surface area contributed by atoms with E-state index >= 15 is 0 Å². The molecule has 0 bridgehead atoms. The lowest BCUT2D eigenvalue weighted by atomic mass is 9.92. The van der Waals surface area contributed by atoms with E-state index in [0.717, 1.165) is 22.4 Å². The van der Waals surface area contributed by atoms with E-state index in [1.165, 1.54) is 4.90 Å². The number of nitrogens with zero attached hydrogens (tertiary/aromatic N) is 3. The Labute approximate surface area is 180 Å². The Balaban J connectivity index is 1.35. The van der Waals surface area contributed by atoms with Crippen LogP contribution in [0.5, 0.6) is 0 Å². The molecule has 0 unspecified atom stereocenters. The third kappa shape index (κ3) is 4.42. The number of aromatic nitrogens is 2. The highest BCUT2D eigenvalue weighted by Crippen LogP contribution is 2.25. The number of carbonyl (C=O) groups is 2. The first kappa shape index (κ1) is 21.0. The van der Waals surface area contributed by atoms with Gasteiger partial charge < -0.3 is 19.7 Å². The minimum atomic E-state index is -1.77. The molecule has 2 heterocycles. The molecule has 31 heavy (non-hydrogen) atoms. The fraction of sp³-hybridized carbons (Fsp3) is 0.292. The fourth-order valence-electron chi connectivity index (χ4n) is 3.91. The Morgan fingerprint density at radius 3 is 2.23 bits per heavy atom. The fourth-order valence-corrected chi connectivity index (χ4v) is 3.91. The van der Waals surface area contributed by atoms with Gasteiger partial charge in [0.05, 0.1) is 6.33 Å². The van der Waals surface area contributed by atoms with Crippen molar-refractivity contribution in [3.8, 4) is 5.69 Å². The molecule has 7 nitrogen and oxygen atoms in total. The van der Waals surface area contributed by atoms with Crippen LogP contribution >= 0.6 is 0 Å². The van der Waals surface area contributed by atoms with Crippen LogP contribution in [0, 0.1) is 0 Å². The first-order valence-electron chi connectivity index (χ1n) is 10.3. The number of aliphatic hydroxyl groups is 2.